The molecular formula is C19H36O2Si. The monoisotopic (exact) mass is 324 g/mol. The fraction of sp³-hybridized carbons (Fsp3) is 0.684. The van der Waals surface area contributed by atoms with Crippen molar-refractivity contribution < 1.29 is 9.16 Å². The highest BCUT2D eigenvalue weighted by atomic mass is 28.4. The van der Waals surface area contributed by atoms with Crippen molar-refractivity contribution in [1.82, 2.24) is 0 Å². The summed E-state index contributed by atoms with van der Waals surface area (Å²) in [6.07, 6.45) is 10.9. The maximum atomic E-state index is 6.35. The second-order valence-corrected chi connectivity index (χ2v) is 12.6. The number of hydrogen-bond donors (Lipinski definition) is 0. The average molecular weight is 325 g/mol. The third-order valence-corrected chi connectivity index (χ3v) is 8.47. The summed E-state index contributed by atoms with van der Waals surface area (Å²) in [5, 5.41) is 0.151. The molecule has 0 spiro atoms. The first kappa shape index (κ1) is 21.0. The largest absolute Gasteiger partial charge is 0.519 e. The maximum absolute atomic E-state index is 6.35. The van der Waals surface area contributed by atoms with Crippen LogP contribution in [0.3, 0.4) is 0 Å². The fourth-order valence-electron chi connectivity index (χ4n) is 1.66. The summed E-state index contributed by atoms with van der Waals surface area (Å²) in [6.45, 7) is 21.2. The van der Waals surface area contributed by atoms with E-state index < -0.39 is 8.32 Å². The molecule has 0 rings (SSSR count). The van der Waals surface area contributed by atoms with Crippen molar-refractivity contribution in [3.8, 4) is 0 Å². The van der Waals surface area contributed by atoms with Crippen LogP contribution in [0, 0.1) is 0 Å². The number of unbranched alkanes of at least 4 members (excludes halogenated alkanes) is 1. The lowest BCUT2D eigenvalue weighted by atomic mass is 10.0. The van der Waals surface area contributed by atoms with E-state index in [-0.39, 0.29) is 10.6 Å². The highest BCUT2D eigenvalue weighted by molar-refractivity contribution is 6.74. The molecule has 0 amide bonds. The van der Waals surface area contributed by atoms with E-state index in [0.29, 0.717) is 5.95 Å². The van der Waals surface area contributed by atoms with Crippen LogP contribution in [0.1, 0.15) is 60.8 Å². The summed E-state index contributed by atoms with van der Waals surface area (Å²) in [5.41, 5.74) is -0.237. The molecule has 0 aromatic heterocycles. The van der Waals surface area contributed by atoms with Crippen LogP contribution >= 0.6 is 0 Å². The molecule has 128 valence electrons. The molecule has 0 aliphatic heterocycles. The number of rotatable bonds is 9. The molecule has 0 aromatic carbocycles. The predicted molar refractivity (Wildman–Crippen MR) is 100 cm³/mol. The van der Waals surface area contributed by atoms with Crippen molar-refractivity contribution in [2.75, 3.05) is 0 Å². The summed E-state index contributed by atoms with van der Waals surface area (Å²) in [7, 11) is -1.90. The van der Waals surface area contributed by atoms with E-state index in [4.69, 9.17) is 9.16 Å². The van der Waals surface area contributed by atoms with E-state index >= 15 is 0 Å². The Hall–Kier alpha value is -0.963. The van der Waals surface area contributed by atoms with Crippen molar-refractivity contribution in [3.05, 3.63) is 36.8 Å². The maximum Gasteiger partial charge on any atom is 0.265 e. The minimum absolute atomic E-state index is 0.151. The minimum Gasteiger partial charge on any atom is -0.519 e. The molecule has 0 saturated heterocycles. The number of allylic oxidation sites excluding steroid dienone is 4. The lowest BCUT2D eigenvalue weighted by Crippen LogP contribution is -2.41. The molecule has 0 saturated carbocycles. The summed E-state index contributed by atoms with van der Waals surface area (Å²) in [4.78, 5) is 0. The van der Waals surface area contributed by atoms with Crippen molar-refractivity contribution in [3.63, 3.8) is 0 Å². The van der Waals surface area contributed by atoms with Crippen LogP contribution in [0.2, 0.25) is 18.1 Å². The number of hydrogen-bond acceptors (Lipinski definition) is 2. The van der Waals surface area contributed by atoms with Gasteiger partial charge in [0.1, 0.15) is 5.60 Å². The smallest absolute Gasteiger partial charge is 0.265 e. The summed E-state index contributed by atoms with van der Waals surface area (Å²) < 4.78 is 12.6. The quantitative estimate of drug-likeness (QED) is 0.157. The Morgan fingerprint density at radius 2 is 1.73 bits per heavy atom. The lowest BCUT2D eigenvalue weighted by Gasteiger charge is -2.38. The highest BCUT2D eigenvalue weighted by Gasteiger charge is 2.40. The Morgan fingerprint density at radius 1 is 1.14 bits per heavy atom. The Bertz CT molecular complexity index is 398. The summed E-state index contributed by atoms with van der Waals surface area (Å²) >= 11 is 0. The zero-order valence-corrected chi connectivity index (χ0v) is 17.0. The molecule has 3 heteroatoms. The van der Waals surface area contributed by atoms with E-state index in [2.05, 4.69) is 54.3 Å². The Balaban J connectivity index is 5.05. The van der Waals surface area contributed by atoms with Crippen molar-refractivity contribution in [1.29, 1.82) is 0 Å². The average Bonchev–Trinajstić information content (AvgIpc) is 2.33. The van der Waals surface area contributed by atoms with Gasteiger partial charge in [-0.1, -0.05) is 39.0 Å². The second-order valence-electron chi connectivity index (χ2n) is 7.92. The fourth-order valence-corrected chi connectivity index (χ4v) is 2.58. The van der Waals surface area contributed by atoms with Crippen LogP contribution in [0.15, 0.2) is 36.8 Å². The van der Waals surface area contributed by atoms with Crippen LogP contribution in [0.4, 0.5) is 0 Å². The Kier molecular flexibility index (Phi) is 8.24. The first-order valence-corrected chi connectivity index (χ1v) is 11.2. The Morgan fingerprint density at radius 3 is 2.18 bits per heavy atom. The zero-order chi connectivity index (χ0) is 17.4. The molecule has 0 aliphatic rings. The topological polar surface area (TPSA) is 18.5 Å². The van der Waals surface area contributed by atoms with Gasteiger partial charge in [-0.05, 0) is 58.2 Å². The molecule has 0 atom stereocenters. The normalized spacial score (nSPS) is 14.3. The van der Waals surface area contributed by atoms with Gasteiger partial charge in [-0.3, -0.25) is 0 Å². The number of ether oxygens (including phenoxy) is 1. The van der Waals surface area contributed by atoms with Crippen LogP contribution < -0.4 is 0 Å². The molecule has 0 bridgehead atoms. The second kappa shape index (κ2) is 8.61. The third kappa shape index (κ3) is 7.88. The van der Waals surface area contributed by atoms with Gasteiger partial charge < -0.3 is 9.16 Å². The van der Waals surface area contributed by atoms with Crippen LogP contribution in [0.25, 0.3) is 0 Å². The van der Waals surface area contributed by atoms with Crippen LogP contribution in [0.5, 0.6) is 0 Å². The van der Waals surface area contributed by atoms with Gasteiger partial charge in [-0.25, -0.2) is 0 Å². The van der Waals surface area contributed by atoms with Gasteiger partial charge in [0, 0.05) is 6.08 Å². The van der Waals surface area contributed by atoms with E-state index in [1.807, 2.05) is 31.2 Å². The SMILES string of the molecule is C=CCCCC(C)(C)O/C(=C/C=C/C)O[Si](C)(C)C(C)(C)C. The van der Waals surface area contributed by atoms with Crippen molar-refractivity contribution in [2.24, 2.45) is 0 Å². The molecule has 0 N–H and O–H groups in total. The standard InChI is InChI=1S/C19H36O2Si/c1-10-12-14-16-19(6,7)20-17(15-13-11-2)21-22(8,9)18(3,4)5/h10-11,13,15H,1,12,14,16H2,2-9H3/b13-11+,17-15-. The van der Waals surface area contributed by atoms with Crippen LogP contribution in [-0.2, 0) is 9.16 Å². The lowest BCUT2D eigenvalue weighted by molar-refractivity contribution is -0.0288. The first-order chi connectivity index (χ1) is 9.95. The highest BCUT2D eigenvalue weighted by Crippen LogP contribution is 2.38. The predicted octanol–water partition coefficient (Wildman–Crippen LogP) is 6.58. The Labute approximate surface area is 139 Å². The van der Waals surface area contributed by atoms with Gasteiger partial charge in [-0.15, -0.1) is 6.58 Å². The van der Waals surface area contributed by atoms with E-state index in [9.17, 15) is 0 Å². The van der Waals surface area contributed by atoms with Gasteiger partial charge in [0.05, 0.1) is 0 Å². The summed E-state index contributed by atoms with van der Waals surface area (Å²) in [5.74, 6) is 0.647. The van der Waals surface area contributed by atoms with Gasteiger partial charge >= 0.3 is 0 Å². The molecule has 0 unspecified atom stereocenters. The molecule has 0 aromatic rings. The third-order valence-electron chi connectivity index (χ3n) is 4.15. The van der Waals surface area contributed by atoms with E-state index in [1.54, 1.807) is 0 Å². The molecule has 22 heavy (non-hydrogen) atoms. The van der Waals surface area contributed by atoms with E-state index in [0.717, 1.165) is 19.3 Å². The molecular weight excluding hydrogens is 288 g/mol. The van der Waals surface area contributed by atoms with Gasteiger partial charge in [0.25, 0.3) is 14.3 Å². The minimum atomic E-state index is -1.90. The van der Waals surface area contributed by atoms with Crippen LogP contribution in [-0.4, -0.2) is 13.9 Å². The molecule has 0 fully saturated rings. The van der Waals surface area contributed by atoms with Gasteiger partial charge in [0.2, 0.25) is 0 Å². The zero-order valence-electron chi connectivity index (χ0n) is 16.0. The first-order valence-electron chi connectivity index (χ1n) is 8.27. The van der Waals surface area contributed by atoms with Gasteiger partial charge in [0.15, 0.2) is 0 Å². The molecule has 0 aliphatic carbocycles. The van der Waals surface area contributed by atoms with Crippen molar-refractivity contribution in [2.45, 2.75) is 84.5 Å². The molecule has 0 heterocycles. The van der Waals surface area contributed by atoms with E-state index in [1.165, 1.54) is 0 Å². The summed E-state index contributed by atoms with van der Waals surface area (Å²) in [6, 6.07) is 0. The van der Waals surface area contributed by atoms with Crippen molar-refractivity contribution >= 4 is 8.32 Å². The molecule has 0 radical (unpaired) electrons. The molecule has 2 nitrogen and oxygen atoms in total. The van der Waals surface area contributed by atoms with Gasteiger partial charge in [-0.2, -0.15) is 0 Å².